The number of benzene rings is 9. The Balaban J connectivity index is 0.000000201. The molecule has 0 unspecified atom stereocenters. The zero-order valence-electron chi connectivity index (χ0n) is 36.6. The smallest absolute Gasteiger partial charge is 0.0467 e. The van der Waals surface area contributed by atoms with Crippen LogP contribution in [0.1, 0.15) is 27.8 Å². The second-order valence-electron chi connectivity index (χ2n) is 15.9. The molecular weight excluding hydrogens is 763 g/mol. The monoisotopic (exact) mass is 815 g/mol. The maximum Gasteiger partial charge on any atom is 0.0467 e. The van der Waals surface area contributed by atoms with E-state index in [1.807, 2.05) is 6.08 Å². The van der Waals surface area contributed by atoms with Gasteiger partial charge in [0, 0.05) is 51.2 Å². The van der Waals surface area contributed by atoms with Crippen LogP contribution in [0.5, 0.6) is 0 Å². The van der Waals surface area contributed by atoms with Gasteiger partial charge < -0.3 is 14.7 Å². The highest BCUT2D eigenvalue weighted by Gasteiger charge is 2.15. The number of nitrogens with zero attached hydrogens (tertiary/aromatic N) is 3. The second kappa shape index (κ2) is 19.7. The molecule has 0 spiro atoms. The van der Waals surface area contributed by atoms with Crippen LogP contribution in [0, 0.1) is 27.7 Å². The molecule has 63 heavy (non-hydrogen) atoms. The van der Waals surface area contributed by atoms with Crippen LogP contribution in [0.4, 0.5) is 51.2 Å². The van der Waals surface area contributed by atoms with Crippen molar-refractivity contribution in [1.29, 1.82) is 0 Å². The minimum atomic E-state index is 1.12. The van der Waals surface area contributed by atoms with E-state index in [2.05, 4.69) is 279 Å². The number of aryl methyl sites for hydroxylation is 4. The van der Waals surface area contributed by atoms with E-state index in [-0.39, 0.29) is 0 Å². The zero-order chi connectivity index (χ0) is 43.5. The largest absolute Gasteiger partial charge is 0.311 e. The molecule has 0 aromatic heterocycles. The van der Waals surface area contributed by atoms with Crippen molar-refractivity contribution in [2.45, 2.75) is 27.7 Å². The van der Waals surface area contributed by atoms with Gasteiger partial charge in [0.15, 0.2) is 0 Å². The molecule has 0 atom stereocenters. The first kappa shape index (κ1) is 41.8. The molecule has 0 saturated carbocycles. The highest BCUT2D eigenvalue weighted by molar-refractivity contribution is 5.81. The Labute approximate surface area is 374 Å². The summed E-state index contributed by atoms with van der Waals surface area (Å²) in [5, 5.41) is 0. The Morgan fingerprint density at radius 3 is 0.825 bits per heavy atom. The molecular formula is C60H53N3. The molecule has 0 aliphatic carbocycles. The summed E-state index contributed by atoms with van der Waals surface area (Å²) >= 11 is 0. The molecule has 9 aromatic rings. The van der Waals surface area contributed by atoms with Crippen LogP contribution in [-0.4, -0.2) is 0 Å². The molecule has 0 saturated heterocycles. The van der Waals surface area contributed by atoms with Crippen LogP contribution in [0.15, 0.2) is 237 Å². The summed E-state index contributed by atoms with van der Waals surface area (Å²) in [5.41, 5.74) is 18.8. The molecule has 9 rings (SSSR count). The molecule has 0 radical (unpaired) electrons. The summed E-state index contributed by atoms with van der Waals surface area (Å²) in [7, 11) is 0. The van der Waals surface area contributed by atoms with Crippen LogP contribution in [0.3, 0.4) is 0 Å². The normalized spacial score (nSPS) is 10.6. The van der Waals surface area contributed by atoms with Gasteiger partial charge in [-0.1, -0.05) is 156 Å². The Morgan fingerprint density at radius 1 is 0.270 bits per heavy atom. The fourth-order valence-electron chi connectivity index (χ4n) is 7.67. The van der Waals surface area contributed by atoms with Crippen molar-refractivity contribution in [3.8, 4) is 11.1 Å². The van der Waals surface area contributed by atoms with Crippen LogP contribution in [0.2, 0.25) is 0 Å². The number of hydrogen-bond donors (Lipinski definition) is 0. The van der Waals surface area contributed by atoms with E-state index in [0.717, 1.165) is 56.7 Å². The third-order valence-corrected chi connectivity index (χ3v) is 11.1. The third-order valence-electron chi connectivity index (χ3n) is 11.1. The summed E-state index contributed by atoms with van der Waals surface area (Å²) in [6.45, 7) is 12.3. The van der Waals surface area contributed by atoms with Crippen LogP contribution < -0.4 is 14.7 Å². The molecule has 0 bridgehead atoms. The van der Waals surface area contributed by atoms with Crippen molar-refractivity contribution in [1.82, 2.24) is 0 Å². The molecule has 308 valence electrons. The minimum absolute atomic E-state index is 1.12. The van der Waals surface area contributed by atoms with Crippen molar-refractivity contribution in [2.24, 2.45) is 0 Å². The average Bonchev–Trinajstić information content (AvgIpc) is 3.33. The van der Waals surface area contributed by atoms with E-state index < -0.39 is 0 Å². The van der Waals surface area contributed by atoms with Gasteiger partial charge in [0.05, 0.1) is 0 Å². The van der Waals surface area contributed by atoms with Gasteiger partial charge in [0.2, 0.25) is 0 Å². The summed E-state index contributed by atoms with van der Waals surface area (Å²) in [6.07, 6.45) is 1.88. The van der Waals surface area contributed by atoms with Gasteiger partial charge in [-0.05, 0) is 154 Å². The lowest BCUT2D eigenvalue weighted by Gasteiger charge is -2.26. The lowest BCUT2D eigenvalue weighted by molar-refractivity contribution is 1.27. The van der Waals surface area contributed by atoms with E-state index in [0.29, 0.717) is 0 Å². The molecule has 0 amide bonds. The fourth-order valence-corrected chi connectivity index (χ4v) is 7.67. The molecule has 9 aromatic carbocycles. The Kier molecular flexibility index (Phi) is 13.1. The standard InChI is InChI=1S/C38H32N2.C22H21N/c1-29-13-21-35(22-14-29)39(33-9-5-3-6-10-33)37-25-17-31(18-26-37)32-19-27-38(28-20-32)40(34-11-7-4-8-12-34)36-23-15-30(2)16-24-36;1-4-19-6-5-7-22(16-19)23(20-12-8-17(2)9-13-20)21-14-10-18(3)11-15-21/h3-28H,1-2H3;4-16H,1H2,2-3H3. The van der Waals surface area contributed by atoms with Gasteiger partial charge in [-0.15, -0.1) is 0 Å². The maximum absolute atomic E-state index is 3.88. The predicted molar refractivity (Wildman–Crippen MR) is 271 cm³/mol. The van der Waals surface area contributed by atoms with Crippen molar-refractivity contribution in [3.05, 3.63) is 265 Å². The zero-order valence-corrected chi connectivity index (χ0v) is 36.6. The van der Waals surface area contributed by atoms with Crippen LogP contribution >= 0.6 is 0 Å². The molecule has 3 nitrogen and oxygen atoms in total. The molecule has 0 N–H and O–H groups in total. The average molecular weight is 816 g/mol. The van der Waals surface area contributed by atoms with Gasteiger partial charge in [0.1, 0.15) is 0 Å². The quantitative estimate of drug-likeness (QED) is 0.129. The van der Waals surface area contributed by atoms with Crippen LogP contribution in [-0.2, 0) is 0 Å². The Morgan fingerprint density at radius 2 is 0.524 bits per heavy atom. The number of rotatable bonds is 11. The van der Waals surface area contributed by atoms with E-state index in [1.165, 1.54) is 33.4 Å². The minimum Gasteiger partial charge on any atom is -0.311 e. The van der Waals surface area contributed by atoms with Gasteiger partial charge in [-0.3, -0.25) is 0 Å². The third kappa shape index (κ3) is 10.2. The van der Waals surface area contributed by atoms with Crippen LogP contribution in [0.25, 0.3) is 17.2 Å². The van der Waals surface area contributed by atoms with Gasteiger partial charge in [-0.2, -0.15) is 0 Å². The van der Waals surface area contributed by atoms with Crippen molar-refractivity contribution in [2.75, 3.05) is 14.7 Å². The first-order valence-electron chi connectivity index (χ1n) is 21.5. The first-order valence-corrected chi connectivity index (χ1v) is 21.5. The van der Waals surface area contributed by atoms with E-state index in [4.69, 9.17) is 0 Å². The Hall–Kier alpha value is -7.88. The SMILES string of the molecule is C=Cc1cccc(N(c2ccc(C)cc2)c2ccc(C)cc2)c1.Cc1ccc(N(c2ccccc2)c2ccc(-c3ccc(N(c4ccccc4)c4ccc(C)cc4)cc3)cc2)cc1. The van der Waals surface area contributed by atoms with Crippen molar-refractivity contribution >= 4 is 57.3 Å². The highest BCUT2D eigenvalue weighted by atomic mass is 15.2. The molecule has 0 aliphatic heterocycles. The summed E-state index contributed by atoms with van der Waals surface area (Å²) < 4.78 is 0. The number of para-hydroxylation sites is 2. The summed E-state index contributed by atoms with van der Waals surface area (Å²) in [5.74, 6) is 0. The van der Waals surface area contributed by atoms with Crippen molar-refractivity contribution < 1.29 is 0 Å². The first-order chi connectivity index (χ1) is 30.8. The maximum atomic E-state index is 3.88. The Bertz CT molecular complexity index is 2660. The lowest BCUT2D eigenvalue weighted by atomic mass is 10.0. The number of anilines is 9. The summed E-state index contributed by atoms with van der Waals surface area (Å²) in [6, 6.07) is 81.8. The van der Waals surface area contributed by atoms with Gasteiger partial charge in [0.25, 0.3) is 0 Å². The fraction of sp³-hybridized carbons (Fsp3) is 0.0667. The molecule has 0 aliphatic rings. The molecule has 0 heterocycles. The number of hydrogen-bond acceptors (Lipinski definition) is 3. The van der Waals surface area contributed by atoms with Gasteiger partial charge in [-0.25, -0.2) is 0 Å². The molecule has 0 fully saturated rings. The van der Waals surface area contributed by atoms with E-state index in [1.54, 1.807) is 0 Å². The summed E-state index contributed by atoms with van der Waals surface area (Å²) in [4.78, 5) is 6.86. The van der Waals surface area contributed by atoms with E-state index >= 15 is 0 Å². The molecule has 3 heteroatoms. The van der Waals surface area contributed by atoms with Crippen molar-refractivity contribution in [3.63, 3.8) is 0 Å². The van der Waals surface area contributed by atoms with Gasteiger partial charge >= 0.3 is 0 Å². The lowest BCUT2D eigenvalue weighted by Crippen LogP contribution is -2.10. The predicted octanol–water partition coefficient (Wildman–Crippen LogP) is 17.3. The second-order valence-corrected chi connectivity index (χ2v) is 15.9. The topological polar surface area (TPSA) is 9.72 Å². The highest BCUT2D eigenvalue weighted by Crippen LogP contribution is 2.39. The van der Waals surface area contributed by atoms with E-state index in [9.17, 15) is 0 Å².